The van der Waals surface area contributed by atoms with Gasteiger partial charge in [-0.15, -0.1) is 0 Å². The second-order valence-electron chi connectivity index (χ2n) is 4.24. The summed E-state index contributed by atoms with van der Waals surface area (Å²) in [6, 6.07) is 4.72. The van der Waals surface area contributed by atoms with Gasteiger partial charge < -0.3 is 16.2 Å². The minimum atomic E-state index is -0.389. The number of esters is 1. The molecule has 0 saturated carbocycles. The molecule has 1 unspecified atom stereocenters. The van der Waals surface area contributed by atoms with E-state index in [4.69, 9.17) is 16.2 Å². The van der Waals surface area contributed by atoms with E-state index in [9.17, 15) is 4.79 Å². The van der Waals surface area contributed by atoms with E-state index in [0.717, 1.165) is 0 Å². The fraction of sp³-hybridized carbons (Fsp3) is 0.417. The van der Waals surface area contributed by atoms with E-state index in [1.807, 2.05) is 20.8 Å². The topological polar surface area (TPSA) is 78.3 Å². The minimum Gasteiger partial charge on any atom is -0.459 e. The average molecular weight is 222 g/mol. The van der Waals surface area contributed by atoms with Crippen LogP contribution >= 0.6 is 0 Å². The lowest BCUT2D eigenvalue weighted by molar-refractivity contribution is 0.0238. The summed E-state index contributed by atoms with van der Waals surface area (Å²) in [6.45, 7) is 5.84. The number of nitrogens with two attached hydrogens (primary N) is 2. The fourth-order valence-electron chi connectivity index (χ4n) is 1.17. The highest BCUT2D eigenvalue weighted by Crippen LogP contribution is 2.16. The molecule has 0 heterocycles. The number of carbonyl (C=O) groups excluding carboxylic acids is 1. The number of rotatable bonds is 3. The molecule has 1 aromatic rings. The third-order valence-corrected chi connectivity index (χ3v) is 2.45. The van der Waals surface area contributed by atoms with Crippen molar-refractivity contribution in [3.8, 4) is 0 Å². The van der Waals surface area contributed by atoms with Gasteiger partial charge in [0.15, 0.2) is 0 Å². The summed E-state index contributed by atoms with van der Waals surface area (Å²) in [5.41, 5.74) is 12.5. The van der Waals surface area contributed by atoms with Crippen molar-refractivity contribution in [1.82, 2.24) is 0 Å². The first-order chi connectivity index (χ1) is 7.40. The van der Waals surface area contributed by atoms with Crippen molar-refractivity contribution in [2.24, 2.45) is 5.92 Å². The Hall–Kier alpha value is -1.71. The van der Waals surface area contributed by atoms with Crippen LogP contribution in [-0.4, -0.2) is 12.1 Å². The highest BCUT2D eigenvalue weighted by molar-refractivity contribution is 5.91. The summed E-state index contributed by atoms with van der Waals surface area (Å²) in [5.74, 6) is -0.109. The fourth-order valence-corrected chi connectivity index (χ4v) is 1.17. The largest absolute Gasteiger partial charge is 0.459 e. The third-order valence-electron chi connectivity index (χ3n) is 2.45. The van der Waals surface area contributed by atoms with Crippen LogP contribution in [0.5, 0.6) is 0 Å². The summed E-state index contributed by atoms with van der Waals surface area (Å²) >= 11 is 0. The maximum absolute atomic E-state index is 11.7. The zero-order chi connectivity index (χ0) is 12.3. The standard InChI is InChI=1S/C12H18N2O2/c1-7(2)8(3)16-12(15)9-4-10(13)6-11(14)5-9/h4-8H,13-14H2,1-3H3. The Kier molecular flexibility index (Phi) is 3.77. The molecule has 1 rings (SSSR count). The lowest BCUT2D eigenvalue weighted by atomic mass is 10.1. The zero-order valence-electron chi connectivity index (χ0n) is 9.86. The van der Waals surface area contributed by atoms with Gasteiger partial charge in [0.1, 0.15) is 6.10 Å². The zero-order valence-corrected chi connectivity index (χ0v) is 9.86. The second-order valence-corrected chi connectivity index (χ2v) is 4.24. The van der Waals surface area contributed by atoms with Gasteiger partial charge in [-0.3, -0.25) is 0 Å². The number of ether oxygens (including phenoxy) is 1. The SMILES string of the molecule is CC(C)C(C)OC(=O)c1cc(N)cc(N)c1. The molecule has 0 saturated heterocycles. The van der Waals surface area contributed by atoms with Gasteiger partial charge in [-0.05, 0) is 31.0 Å². The molecule has 0 aromatic heterocycles. The van der Waals surface area contributed by atoms with Gasteiger partial charge in [0, 0.05) is 11.4 Å². The summed E-state index contributed by atoms with van der Waals surface area (Å²) in [7, 11) is 0. The molecule has 16 heavy (non-hydrogen) atoms. The van der Waals surface area contributed by atoms with Gasteiger partial charge in [0.25, 0.3) is 0 Å². The van der Waals surface area contributed by atoms with Gasteiger partial charge in [0.2, 0.25) is 0 Å². The summed E-state index contributed by atoms with van der Waals surface area (Å²) < 4.78 is 5.26. The molecular weight excluding hydrogens is 204 g/mol. The summed E-state index contributed by atoms with van der Waals surface area (Å²) in [5, 5.41) is 0. The van der Waals surface area contributed by atoms with Crippen molar-refractivity contribution in [1.29, 1.82) is 0 Å². The molecular formula is C12H18N2O2. The van der Waals surface area contributed by atoms with Crippen LogP contribution in [-0.2, 0) is 4.74 Å². The van der Waals surface area contributed by atoms with Crippen molar-refractivity contribution in [3.05, 3.63) is 23.8 Å². The number of anilines is 2. The molecule has 0 aliphatic heterocycles. The molecule has 88 valence electrons. The molecule has 1 atom stereocenters. The molecule has 0 amide bonds. The van der Waals surface area contributed by atoms with E-state index in [-0.39, 0.29) is 18.0 Å². The number of nitrogen functional groups attached to an aromatic ring is 2. The maximum atomic E-state index is 11.7. The van der Waals surface area contributed by atoms with Crippen LogP contribution in [0.4, 0.5) is 11.4 Å². The van der Waals surface area contributed by atoms with Crippen LogP contribution < -0.4 is 11.5 Å². The monoisotopic (exact) mass is 222 g/mol. The predicted octanol–water partition coefficient (Wildman–Crippen LogP) is 2.05. The lowest BCUT2D eigenvalue weighted by Crippen LogP contribution is -2.20. The average Bonchev–Trinajstić information content (AvgIpc) is 2.15. The van der Waals surface area contributed by atoms with E-state index in [1.54, 1.807) is 18.2 Å². The van der Waals surface area contributed by atoms with Crippen LogP contribution in [0.3, 0.4) is 0 Å². The summed E-state index contributed by atoms with van der Waals surface area (Å²) in [4.78, 5) is 11.7. The first-order valence-electron chi connectivity index (χ1n) is 5.27. The summed E-state index contributed by atoms with van der Waals surface area (Å²) in [6.07, 6.45) is -0.129. The van der Waals surface area contributed by atoms with Crippen LogP contribution in [0.15, 0.2) is 18.2 Å². The predicted molar refractivity (Wildman–Crippen MR) is 65.0 cm³/mol. The van der Waals surface area contributed by atoms with Crippen LogP contribution in [0, 0.1) is 5.92 Å². The molecule has 0 aliphatic rings. The molecule has 0 aliphatic carbocycles. The highest BCUT2D eigenvalue weighted by atomic mass is 16.5. The van der Waals surface area contributed by atoms with Gasteiger partial charge in [-0.1, -0.05) is 13.8 Å². The van der Waals surface area contributed by atoms with Crippen LogP contribution in [0.25, 0.3) is 0 Å². The van der Waals surface area contributed by atoms with E-state index in [1.165, 1.54) is 0 Å². The smallest absolute Gasteiger partial charge is 0.338 e. The lowest BCUT2D eigenvalue weighted by Gasteiger charge is -2.16. The Morgan fingerprint density at radius 1 is 1.12 bits per heavy atom. The molecule has 4 nitrogen and oxygen atoms in total. The van der Waals surface area contributed by atoms with Gasteiger partial charge in [-0.2, -0.15) is 0 Å². The van der Waals surface area contributed by atoms with Gasteiger partial charge >= 0.3 is 5.97 Å². The van der Waals surface area contributed by atoms with Crippen molar-refractivity contribution < 1.29 is 9.53 Å². The number of carbonyl (C=O) groups is 1. The Morgan fingerprint density at radius 2 is 1.62 bits per heavy atom. The Morgan fingerprint density at radius 3 is 2.06 bits per heavy atom. The van der Waals surface area contributed by atoms with Crippen molar-refractivity contribution >= 4 is 17.3 Å². The quantitative estimate of drug-likeness (QED) is 0.606. The van der Waals surface area contributed by atoms with Crippen molar-refractivity contribution in [3.63, 3.8) is 0 Å². The molecule has 0 fully saturated rings. The van der Waals surface area contributed by atoms with E-state index in [2.05, 4.69) is 0 Å². The highest BCUT2D eigenvalue weighted by Gasteiger charge is 2.15. The molecule has 0 spiro atoms. The van der Waals surface area contributed by atoms with Crippen LogP contribution in [0.1, 0.15) is 31.1 Å². The maximum Gasteiger partial charge on any atom is 0.338 e. The number of hydrogen-bond donors (Lipinski definition) is 2. The van der Waals surface area contributed by atoms with Crippen molar-refractivity contribution in [2.45, 2.75) is 26.9 Å². The first kappa shape index (κ1) is 12.4. The van der Waals surface area contributed by atoms with E-state index in [0.29, 0.717) is 16.9 Å². The number of benzene rings is 1. The third kappa shape index (κ3) is 3.15. The minimum absolute atomic E-state index is 0.129. The van der Waals surface area contributed by atoms with Crippen LogP contribution in [0.2, 0.25) is 0 Å². The van der Waals surface area contributed by atoms with Crippen molar-refractivity contribution in [2.75, 3.05) is 11.5 Å². The normalized spacial score (nSPS) is 12.5. The number of hydrogen-bond acceptors (Lipinski definition) is 4. The Balaban J connectivity index is 2.80. The molecule has 4 N–H and O–H groups in total. The Labute approximate surface area is 95.6 Å². The molecule has 4 heteroatoms. The molecule has 0 bridgehead atoms. The second kappa shape index (κ2) is 4.88. The van der Waals surface area contributed by atoms with E-state index < -0.39 is 0 Å². The molecule has 0 radical (unpaired) electrons. The van der Waals surface area contributed by atoms with E-state index >= 15 is 0 Å². The van der Waals surface area contributed by atoms with Gasteiger partial charge in [-0.25, -0.2) is 4.79 Å². The molecule has 1 aromatic carbocycles. The first-order valence-corrected chi connectivity index (χ1v) is 5.27. The Bertz CT molecular complexity index is 368. The van der Waals surface area contributed by atoms with Gasteiger partial charge in [0.05, 0.1) is 5.56 Å².